The minimum Gasteiger partial charge on any atom is -0.508 e. The van der Waals surface area contributed by atoms with Crippen LogP contribution >= 0.6 is 0 Å². The molecule has 2 aromatic rings. The summed E-state index contributed by atoms with van der Waals surface area (Å²) in [6, 6.07) is 5.02. The van der Waals surface area contributed by atoms with Crippen LogP contribution in [-0.4, -0.2) is 66.7 Å². The van der Waals surface area contributed by atoms with Crippen molar-refractivity contribution in [1.82, 2.24) is 0 Å². The molecule has 0 spiro atoms. The lowest BCUT2D eigenvalue weighted by molar-refractivity contribution is -0.166. The van der Waals surface area contributed by atoms with Crippen LogP contribution in [0.15, 0.2) is 36.4 Å². The van der Waals surface area contributed by atoms with E-state index in [2.05, 4.69) is 9.47 Å². The molecule has 0 saturated carbocycles. The number of aliphatic carboxylic acids is 2. The average molecular weight is 422 g/mol. The van der Waals surface area contributed by atoms with Gasteiger partial charge in [-0.3, -0.25) is 0 Å². The number of benzene rings is 2. The number of rotatable bonds is 7. The summed E-state index contributed by atoms with van der Waals surface area (Å²) in [4.78, 5) is 47.2. The minimum atomic E-state index is -2.52. The quantitative estimate of drug-likeness (QED) is 0.336. The van der Waals surface area contributed by atoms with Crippen molar-refractivity contribution < 1.29 is 59.3 Å². The third-order valence-electron chi connectivity index (χ3n) is 3.51. The molecular weight excluding hydrogens is 408 g/mol. The molecule has 0 saturated heterocycles. The van der Waals surface area contributed by atoms with Gasteiger partial charge in [-0.15, -0.1) is 0 Å². The van der Waals surface area contributed by atoms with Gasteiger partial charge < -0.3 is 40.1 Å². The van der Waals surface area contributed by atoms with E-state index in [1.54, 1.807) is 0 Å². The third-order valence-corrected chi connectivity index (χ3v) is 3.51. The number of carboxylic acid groups (broad SMARTS) is 2. The Kier molecular flexibility index (Phi) is 6.32. The number of esters is 2. The van der Waals surface area contributed by atoms with Crippen LogP contribution in [0.1, 0.15) is 20.7 Å². The van der Waals surface area contributed by atoms with Gasteiger partial charge in [-0.2, -0.15) is 0 Å². The molecular formula is C18H14O12. The molecule has 0 aliphatic heterocycles. The van der Waals surface area contributed by atoms with E-state index < -0.39 is 70.2 Å². The molecule has 12 nitrogen and oxygen atoms in total. The molecule has 0 unspecified atom stereocenters. The molecule has 2 atom stereocenters. The fraction of sp³-hybridized carbons (Fsp3) is 0.111. The first kappa shape index (κ1) is 21.8. The Bertz CT molecular complexity index is 890. The van der Waals surface area contributed by atoms with Crippen molar-refractivity contribution in [3.05, 3.63) is 47.5 Å². The maximum atomic E-state index is 12.1. The lowest BCUT2D eigenvalue weighted by Gasteiger charge is -2.21. The first-order valence-corrected chi connectivity index (χ1v) is 7.91. The van der Waals surface area contributed by atoms with Gasteiger partial charge in [0.05, 0.1) is 11.1 Å². The molecule has 0 aliphatic rings. The zero-order valence-corrected chi connectivity index (χ0v) is 14.8. The Balaban J connectivity index is 2.29. The van der Waals surface area contributed by atoms with E-state index in [1.807, 2.05) is 0 Å². The van der Waals surface area contributed by atoms with E-state index in [0.717, 1.165) is 36.4 Å². The number of hydrogen-bond acceptors (Lipinski definition) is 10. The van der Waals surface area contributed by atoms with E-state index in [-0.39, 0.29) is 0 Å². The Labute approximate surface area is 166 Å². The summed E-state index contributed by atoms with van der Waals surface area (Å²) < 4.78 is 9.20. The largest absolute Gasteiger partial charge is 0.508 e. The van der Waals surface area contributed by atoms with Crippen LogP contribution in [0.2, 0.25) is 0 Å². The molecule has 12 heteroatoms. The summed E-state index contributed by atoms with van der Waals surface area (Å²) >= 11 is 0. The van der Waals surface area contributed by atoms with E-state index in [0.29, 0.717) is 0 Å². The minimum absolute atomic E-state index is 0.507. The number of aromatic hydroxyl groups is 4. The normalized spacial score (nSPS) is 12.4. The van der Waals surface area contributed by atoms with Gasteiger partial charge in [-0.25, -0.2) is 19.2 Å². The first-order valence-electron chi connectivity index (χ1n) is 7.91. The fourth-order valence-corrected chi connectivity index (χ4v) is 2.28. The van der Waals surface area contributed by atoms with Crippen molar-refractivity contribution in [2.75, 3.05) is 0 Å². The zero-order valence-electron chi connectivity index (χ0n) is 14.8. The molecule has 0 aromatic heterocycles. The molecule has 0 fully saturated rings. The maximum Gasteiger partial charge on any atom is 0.349 e. The highest BCUT2D eigenvalue weighted by molar-refractivity contribution is 5.96. The number of carbonyl (C=O) groups excluding carboxylic acids is 2. The topological polar surface area (TPSA) is 208 Å². The number of phenolic OH excluding ortho intramolecular Hbond substituents is 4. The smallest absolute Gasteiger partial charge is 0.349 e. The van der Waals surface area contributed by atoms with Gasteiger partial charge in [-0.1, -0.05) is 0 Å². The third kappa shape index (κ3) is 5.28. The summed E-state index contributed by atoms with van der Waals surface area (Å²) in [7, 11) is 0. The predicted octanol–water partition coefficient (Wildman–Crippen LogP) is 0.429. The van der Waals surface area contributed by atoms with Gasteiger partial charge in [0.25, 0.3) is 0 Å². The van der Waals surface area contributed by atoms with Crippen molar-refractivity contribution in [3.8, 4) is 23.0 Å². The van der Waals surface area contributed by atoms with E-state index in [4.69, 9.17) is 0 Å². The molecule has 0 aliphatic carbocycles. The van der Waals surface area contributed by atoms with Crippen molar-refractivity contribution in [2.24, 2.45) is 0 Å². The molecule has 2 rings (SSSR count). The van der Waals surface area contributed by atoms with Gasteiger partial charge in [0, 0.05) is 12.1 Å². The van der Waals surface area contributed by atoms with Crippen molar-refractivity contribution in [2.45, 2.75) is 12.2 Å². The average Bonchev–Trinajstić information content (AvgIpc) is 2.62. The van der Waals surface area contributed by atoms with Crippen molar-refractivity contribution in [1.29, 1.82) is 0 Å². The van der Waals surface area contributed by atoms with Gasteiger partial charge in [0.2, 0.25) is 12.2 Å². The summed E-state index contributed by atoms with van der Waals surface area (Å²) in [6.07, 6.45) is -5.04. The molecule has 6 N–H and O–H groups in total. The van der Waals surface area contributed by atoms with Crippen LogP contribution < -0.4 is 0 Å². The number of ether oxygens (including phenoxy) is 2. The van der Waals surface area contributed by atoms with Gasteiger partial charge >= 0.3 is 23.9 Å². The molecule has 0 amide bonds. The lowest BCUT2D eigenvalue weighted by atomic mass is 10.1. The predicted molar refractivity (Wildman–Crippen MR) is 93.2 cm³/mol. The van der Waals surface area contributed by atoms with Gasteiger partial charge in [0.1, 0.15) is 23.0 Å². The van der Waals surface area contributed by atoms with Crippen molar-refractivity contribution >= 4 is 23.9 Å². The number of carboxylic acids is 2. The van der Waals surface area contributed by atoms with Crippen LogP contribution in [0.5, 0.6) is 23.0 Å². The first-order chi connectivity index (χ1) is 14.0. The molecule has 0 radical (unpaired) electrons. The van der Waals surface area contributed by atoms with Crippen LogP contribution in [0.3, 0.4) is 0 Å². The van der Waals surface area contributed by atoms with Crippen LogP contribution in [0, 0.1) is 0 Å². The zero-order chi connectivity index (χ0) is 22.6. The second-order valence-corrected chi connectivity index (χ2v) is 5.80. The van der Waals surface area contributed by atoms with Gasteiger partial charge in [-0.05, 0) is 24.3 Å². The van der Waals surface area contributed by atoms with Crippen LogP contribution in [0.4, 0.5) is 0 Å². The fourth-order valence-electron chi connectivity index (χ4n) is 2.28. The highest BCUT2D eigenvalue weighted by Gasteiger charge is 2.41. The van der Waals surface area contributed by atoms with E-state index >= 15 is 0 Å². The Morgan fingerprint density at radius 2 is 0.833 bits per heavy atom. The van der Waals surface area contributed by atoms with E-state index in [1.165, 1.54) is 0 Å². The number of phenols is 4. The molecule has 30 heavy (non-hydrogen) atoms. The van der Waals surface area contributed by atoms with Crippen LogP contribution in [-0.2, 0) is 19.1 Å². The summed E-state index contributed by atoms with van der Waals surface area (Å²) in [6.45, 7) is 0. The summed E-state index contributed by atoms with van der Waals surface area (Å²) in [5.74, 6) is -9.06. The maximum absolute atomic E-state index is 12.1. The molecule has 158 valence electrons. The van der Waals surface area contributed by atoms with E-state index in [9.17, 15) is 49.8 Å². The molecule has 0 heterocycles. The second-order valence-electron chi connectivity index (χ2n) is 5.80. The highest BCUT2D eigenvalue weighted by Crippen LogP contribution is 2.23. The molecule has 0 bridgehead atoms. The van der Waals surface area contributed by atoms with Crippen LogP contribution in [0.25, 0.3) is 0 Å². The summed E-state index contributed by atoms with van der Waals surface area (Å²) in [5.41, 5.74) is -1.01. The molecule has 2 aromatic carbocycles. The number of carbonyl (C=O) groups is 4. The Hall–Kier alpha value is -4.48. The standard InChI is InChI=1S/C18H14O12/c19-9-1-7(2-10(20)5-9)17(27)29-13(15(23)24)14(16(25)26)30-18(28)8-3-11(21)6-12(22)4-8/h1-6,13-14,19-22H,(H,23,24)(H,25,26)/t13-,14+. The number of hydrogen-bond donors (Lipinski definition) is 6. The lowest BCUT2D eigenvalue weighted by Crippen LogP contribution is -2.45. The Morgan fingerprint density at radius 3 is 1.07 bits per heavy atom. The Morgan fingerprint density at radius 1 is 0.567 bits per heavy atom. The monoisotopic (exact) mass is 422 g/mol. The van der Waals surface area contributed by atoms with Gasteiger partial charge in [0.15, 0.2) is 0 Å². The second kappa shape index (κ2) is 8.68. The summed E-state index contributed by atoms with van der Waals surface area (Å²) in [5, 5.41) is 56.1. The SMILES string of the molecule is O=C(O[C@H](C(=O)O)[C@@H](OC(=O)c1cc(O)cc(O)c1)C(=O)O)c1cc(O)cc(O)c1. The highest BCUT2D eigenvalue weighted by atomic mass is 16.6. The van der Waals surface area contributed by atoms with Crippen molar-refractivity contribution in [3.63, 3.8) is 0 Å².